The van der Waals surface area contributed by atoms with Gasteiger partial charge in [0.15, 0.2) is 5.69 Å². The monoisotopic (exact) mass is 336 g/mol. The van der Waals surface area contributed by atoms with Crippen molar-refractivity contribution in [1.82, 2.24) is 19.6 Å². The minimum absolute atomic E-state index is 0.0188. The first-order chi connectivity index (χ1) is 10.7. The topological polar surface area (TPSA) is 98.9 Å². The van der Waals surface area contributed by atoms with E-state index in [0.29, 0.717) is 0 Å². The highest BCUT2D eigenvalue weighted by Crippen LogP contribution is 2.27. The molecule has 1 aliphatic rings. The Kier molecular flexibility index (Phi) is 4.66. The number of halogens is 3. The molecule has 2 amide bonds. The molecule has 2 N–H and O–H groups in total. The van der Waals surface area contributed by atoms with Gasteiger partial charge in [-0.25, -0.2) is 9.59 Å². The van der Waals surface area contributed by atoms with E-state index in [4.69, 9.17) is 10.2 Å². The van der Waals surface area contributed by atoms with Crippen LogP contribution in [0.25, 0.3) is 0 Å². The van der Waals surface area contributed by atoms with Gasteiger partial charge in [0, 0.05) is 32.4 Å². The predicted molar refractivity (Wildman–Crippen MR) is 70.0 cm³/mol. The number of alkyl halides is 3. The first-order valence-electron chi connectivity index (χ1n) is 6.76. The molecule has 0 aromatic carbocycles. The predicted octanol–water partition coefficient (Wildman–Crippen LogP) is 1.63. The number of carboxylic acid groups (broad SMARTS) is 2. The average molecular weight is 336 g/mol. The number of amides is 2. The quantitative estimate of drug-likeness (QED) is 0.874. The van der Waals surface area contributed by atoms with Crippen molar-refractivity contribution in [3.8, 4) is 0 Å². The van der Waals surface area contributed by atoms with Gasteiger partial charge in [0.1, 0.15) is 0 Å². The number of hydrogen-bond donors (Lipinski definition) is 2. The van der Waals surface area contributed by atoms with Crippen molar-refractivity contribution in [2.45, 2.75) is 25.2 Å². The molecule has 1 saturated heterocycles. The number of rotatable bonds is 3. The second-order valence-electron chi connectivity index (χ2n) is 5.11. The number of aromatic nitrogens is 2. The van der Waals surface area contributed by atoms with Crippen LogP contribution >= 0.6 is 0 Å². The highest BCUT2D eigenvalue weighted by Gasteiger charge is 2.34. The van der Waals surface area contributed by atoms with Gasteiger partial charge in [-0.3, -0.25) is 4.68 Å². The van der Waals surface area contributed by atoms with E-state index < -0.39 is 30.1 Å². The van der Waals surface area contributed by atoms with Crippen LogP contribution in [0.3, 0.4) is 0 Å². The van der Waals surface area contributed by atoms with Crippen molar-refractivity contribution in [2.75, 3.05) is 19.6 Å². The first kappa shape index (κ1) is 16.9. The standard InChI is InChI=1S/C12H15F3N4O4/c13-12(14,15)9-2-4-18(16-9)3-1-8-7-17(10(20)21)5-6-19(8)11(22)23/h2,4,8H,1,3,5-7H2,(H,20,21)(H,22,23)/t8-/m1/s1. The number of piperazine rings is 1. The summed E-state index contributed by atoms with van der Waals surface area (Å²) < 4.78 is 38.5. The Morgan fingerprint density at radius 3 is 2.48 bits per heavy atom. The molecule has 0 bridgehead atoms. The molecule has 2 heterocycles. The summed E-state index contributed by atoms with van der Waals surface area (Å²) in [5, 5.41) is 21.5. The van der Waals surface area contributed by atoms with E-state index >= 15 is 0 Å². The second-order valence-corrected chi connectivity index (χ2v) is 5.11. The molecule has 1 aliphatic heterocycles. The molecule has 0 aliphatic carbocycles. The Balaban J connectivity index is 2.01. The molecule has 2 rings (SSSR count). The minimum Gasteiger partial charge on any atom is -0.465 e. The van der Waals surface area contributed by atoms with Crippen molar-refractivity contribution < 1.29 is 33.0 Å². The van der Waals surface area contributed by atoms with Crippen LogP contribution in [0, 0.1) is 0 Å². The molecule has 0 unspecified atom stereocenters. The third-order valence-electron chi connectivity index (χ3n) is 3.62. The van der Waals surface area contributed by atoms with Gasteiger partial charge >= 0.3 is 18.4 Å². The summed E-state index contributed by atoms with van der Waals surface area (Å²) in [6.45, 7) is 0.129. The Bertz CT molecular complexity index is 589. The van der Waals surface area contributed by atoms with Crippen LogP contribution in [-0.4, -0.2) is 67.7 Å². The summed E-state index contributed by atoms with van der Waals surface area (Å²) in [4.78, 5) is 24.4. The summed E-state index contributed by atoms with van der Waals surface area (Å²) in [5.41, 5.74) is -1.02. The van der Waals surface area contributed by atoms with Crippen LogP contribution in [0.2, 0.25) is 0 Å². The highest BCUT2D eigenvalue weighted by atomic mass is 19.4. The van der Waals surface area contributed by atoms with Gasteiger partial charge in [-0.15, -0.1) is 0 Å². The molecule has 1 aromatic rings. The summed E-state index contributed by atoms with van der Waals surface area (Å²) in [6, 6.07) is 0.204. The molecule has 0 radical (unpaired) electrons. The van der Waals surface area contributed by atoms with E-state index in [-0.39, 0.29) is 32.6 Å². The Labute approximate surface area is 128 Å². The van der Waals surface area contributed by atoms with Crippen LogP contribution in [0.1, 0.15) is 12.1 Å². The number of hydrogen-bond acceptors (Lipinski definition) is 3. The molecule has 23 heavy (non-hydrogen) atoms. The third-order valence-corrected chi connectivity index (χ3v) is 3.62. The zero-order valence-corrected chi connectivity index (χ0v) is 11.9. The molecule has 0 spiro atoms. The van der Waals surface area contributed by atoms with E-state index in [1.807, 2.05) is 0 Å². The average Bonchev–Trinajstić information content (AvgIpc) is 2.93. The smallest absolute Gasteiger partial charge is 0.435 e. The SMILES string of the molecule is O=C(O)N1CCN(C(=O)O)[C@H](CCn2ccc(C(F)(F)F)n2)C1. The normalized spacial score (nSPS) is 19.0. The maximum atomic E-state index is 12.5. The molecule has 1 fully saturated rings. The molecular formula is C12H15F3N4O4. The zero-order valence-electron chi connectivity index (χ0n) is 11.9. The lowest BCUT2D eigenvalue weighted by Gasteiger charge is -2.38. The molecule has 8 nitrogen and oxygen atoms in total. The van der Waals surface area contributed by atoms with E-state index in [1.165, 1.54) is 0 Å². The first-order valence-corrected chi connectivity index (χ1v) is 6.76. The summed E-state index contributed by atoms with van der Waals surface area (Å²) in [6.07, 6.45) is -5.56. The number of nitrogens with zero attached hydrogens (tertiary/aromatic N) is 4. The van der Waals surface area contributed by atoms with Crippen molar-refractivity contribution >= 4 is 12.2 Å². The van der Waals surface area contributed by atoms with Crippen molar-refractivity contribution in [3.63, 3.8) is 0 Å². The summed E-state index contributed by atoms with van der Waals surface area (Å²) >= 11 is 0. The largest absolute Gasteiger partial charge is 0.465 e. The minimum atomic E-state index is -4.54. The van der Waals surface area contributed by atoms with E-state index in [0.717, 1.165) is 26.7 Å². The van der Waals surface area contributed by atoms with Crippen LogP contribution in [0.4, 0.5) is 22.8 Å². The van der Waals surface area contributed by atoms with Gasteiger partial charge in [0.25, 0.3) is 0 Å². The molecule has 11 heteroatoms. The van der Waals surface area contributed by atoms with Crippen LogP contribution in [0.5, 0.6) is 0 Å². The van der Waals surface area contributed by atoms with Crippen molar-refractivity contribution in [1.29, 1.82) is 0 Å². The summed E-state index contributed by atoms with van der Waals surface area (Å²) in [7, 11) is 0. The van der Waals surface area contributed by atoms with E-state index in [2.05, 4.69) is 5.10 Å². The lowest BCUT2D eigenvalue weighted by molar-refractivity contribution is -0.141. The van der Waals surface area contributed by atoms with Gasteiger partial charge < -0.3 is 20.0 Å². The molecule has 1 atom stereocenters. The molecule has 1 aromatic heterocycles. The molecular weight excluding hydrogens is 321 g/mol. The van der Waals surface area contributed by atoms with Crippen LogP contribution < -0.4 is 0 Å². The Morgan fingerprint density at radius 1 is 1.26 bits per heavy atom. The fourth-order valence-corrected chi connectivity index (χ4v) is 2.45. The van der Waals surface area contributed by atoms with Crippen LogP contribution in [-0.2, 0) is 12.7 Å². The maximum absolute atomic E-state index is 12.5. The van der Waals surface area contributed by atoms with E-state index in [1.54, 1.807) is 0 Å². The van der Waals surface area contributed by atoms with Crippen LogP contribution in [0.15, 0.2) is 12.3 Å². The van der Waals surface area contributed by atoms with Crippen molar-refractivity contribution in [2.24, 2.45) is 0 Å². The maximum Gasteiger partial charge on any atom is 0.435 e. The lowest BCUT2D eigenvalue weighted by atomic mass is 10.1. The fraction of sp³-hybridized carbons (Fsp3) is 0.583. The van der Waals surface area contributed by atoms with Gasteiger partial charge in [-0.05, 0) is 12.5 Å². The fourth-order valence-electron chi connectivity index (χ4n) is 2.45. The highest BCUT2D eigenvalue weighted by molar-refractivity contribution is 5.68. The Morgan fingerprint density at radius 2 is 1.96 bits per heavy atom. The van der Waals surface area contributed by atoms with Gasteiger partial charge in [0.05, 0.1) is 6.04 Å². The third kappa shape index (κ3) is 4.05. The molecule has 128 valence electrons. The van der Waals surface area contributed by atoms with Gasteiger partial charge in [0.2, 0.25) is 0 Å². The summed E-state index contributed by atoms with van der Waals surface area (Å²) in [5.74, 6) is 0. The zero-order chi connectivity index (χ0) is 17.2. The second kappa shape index (κ2) is 6.34. The lowest BCUT2D eigenvalue weighted by Crippen LogP contribution is -2.56. The van der Waals surface area contributed by atoms with Gasteiger partial charge in [-0.1, -0.05) is 0 Å². The van der Waals surface area contributed by atoms with Crippen molar-refractivity contribution in [3.05, 3.63) is 18.0 Å². The number of carbonyl (C=O) groups is 2. The number of aryl methyl sites for hydroxylation is 1. The molecule has 0 saturated carbocycles. The Hall–Kier alpha value is -2.46. The van der Waals surface area contributed by atoms with Gasteiger partial charge in [-0.2, -0.15) is 18.3 Å². The van der Waals surface area contributed by atoms with E-state index in [9.17, 15) is 22.8 Å².